The van der Waals surface area contributed by atoms with Crippen LogP contribution < -0.4 is 15.4 Å². The second-order valence-electron chi connectivity index (χ2n) is 5.53. The van der Waals surface area contributed by atoms with Crippen LogP contribution in [-0.2, 0) is 0 Å². The highest BCUT2D eigenvalue weighted by Crippen LogP contribution is 2.29. The monoisotopic (exact) mass is 338 g/mol. The smallest absolute Gasteiger partial charge is 0.322 e. The standard InChI is InChI=1S/C19H18N2O4/c1-12(25-14-10-8-13(22)9-11-14)20-19(24)21-17-6-2-5-16-15(17)4-3-7-18(16)23/h2-12,22-23H,1H3,(H2,20,21,24). The van der Waals surface area contributed by atoms with Crippen LogP contribution in [0.4, 0.5) is 10.5 Å². The van der Waals surface area contributed by atoms with Crippen LogP contribution in [0.1, 0.15) is 6.92 Å². The number of urea groups is 1. The van der Waals surface area contributed by atoms with Gasteiger partial charge < -0.3 is 25.6 Å². The average molecular weight is 338 g/mol. The van der Waals surface area contributed by atoms with Crippen LogP contribution in [0.25, 0.3) is 10.8 Å². The first kappa shape index (κ1) is 16.4. The van der Waals surface area contributed by atoms with Crippen LogP contribution in [0.3, 0.4) is 0 Å². The number of benzene rings is 3. The minimum absolute atomic E-state index is 0.143. The number of anilines is 1. The van der Waals surface area contributed by atoms with Gasteiger partial charge in [-0.1, -0.05) is 24.3 Å². The predicted octanol–water partition coefficient (Wildman–Crippen LogP) is 3.80. The van der Waals surface area contributed by atoms with Crippen molar-refractivity contribution in [3.05, 3.63) is 60.7 Å². The molecule has 1 unspecified atom stereocenters. The first-order valence-corrected chi connectivity index (χ1v) is 7.77. The van der Waals surface area contributed by atoms with Crippen molar-refractivity contribution in [2.45, 2.75) is 13.2 Å². The number of carbonyl (C=O) groups is 1. The molecule has 3 aromatic carbocycles. The van der Waals surface area contributed by atoms with Crippen LogP contribution >= 0.6 is 0 Å². The molecule has 1 atom stereocenters. The molecule has 6 nitrogen and oxygen atoms in total. The Morgan fingerprint density at radius 3 is 2.40 bits per heavy atom. The molecule has 0 fully saturated rings. The number of phenols is 2. The molecule has 0 aliphatic rings. The lowest BCUT2D eigenvalue weighted by Crippen LogP contribution is -2.39. The Labute approximate surface area is 144 Å². The van der Waals surface area contributed by atoms with Gasteiger partial charge in [0.15, 0.2) is 6.23 Å². The van der Waals surface area contributed by atoms with Crippen molar-refractivity contribution < 1.29 is 19.7 Å². The van der Waals surface area contributed by atoms with Crippen molar-refractivity contribution in [2.75, 3.05) is 5.32 Å². The summed E-state index contributed by atoms with van der Waals surface area (Å²) < 4.78 is 5.56. The Kier molecular flexibility index (Phi) is 4.61. The molecule has 0 aromatic heterocycles. The summed E-state index contributed by atoms with van der Waals surface area (Å²) in [6.45, 7) is 1.70. The Balaban J connectivity index is 1.66. The fourth-order valence-electron chi connectivity index (χ4n) is 2.50. The fourth-order valence-corrected chi connectivity index (χ4v) is 2.50. The SMILES string of the molecule is CC(NC(=O)Nc1cccc2c(O)cccc12)Oc1ccc(O)cc1. The maximum atomic E-state index is 12.2. The van der Waals surface area contributed by atoms with E-state index < -0.39 is 12.3 Å². The molecule has 0 heterocycles. The van der Waals surface area contributed by atoms with Crippen LogP contribution in [0.15, 0.2) is 60.7 Å². The lowest BCUT2D eigenvalue weighted by Gasteiger charge is -2.17. The van der Waals surface area contributed by atoms with Crippen molar-refractivity contribution in [3.63, 3.8) is 0 Å². The van der Waals surface area contributed by atoms with Gasteiger partial charge in [0, 0.05) is 10.8 Å². The number of phenolic OH excluding ortho intramolecular Hbond substituents is 2. The summed E-state index contributed by atoms with van der Waals surface area (Å²) in [5, 5.41) is 26.0. The normalized spacial score (nSPS) is 11.7. The molecule has 4 N–H and O–H groups in total. The van der Waals surface area contributed by atoms with E-state index >= 15 is 0 Å². The minimum atomic E-state index is -0.576. The van der Waals surface area contributed by atoms with E-state index in [1.165, 1.54) is 12.1 Å². The van der Waals surface area contributed by atoms with Gasteiger partial charge in [0.2, 0.25) is 0 Å². The van der Waals surface area contributed by atoms with Crippen LogP contribution in [0, 0.1) is 0 Å². The Hall–Kier alpha value is -3.41. The zero-order valence-electron chi connectivity index (χ0n) is 13.6. The number of nitrogens with one attached hydrogen (secondary N) is 2. The van der Waals surface area contributed by atoms with E-state index in [2.05, 4.69) is 10.6 Å². The van der Waals surface area contributed by atoms with Gasteiger partial charge in [-0.3, -0.25) is 0 Å². The van der Waals surface area contributed by atoms with Gasteiger partial charge in [-0.05, 0) is 43.3 Å². The molecule has 0 radical (unpaired) electrons. The summed E-state index contributed by atoms with van der Waals surface area (Å²) in [6, 6.07) is 16.2. The van der Waals surface area contributed by atoms with Crippen molar-refractivity contribution in [1.82, 2.24) is 5.32 Å². The summed E-state index contributed by atoms with van der Waals surface area (Å²) >= 11 is 0. The van der Waals surface area contributed by atoms with Gasteiger partial charge in [-0.15, -0.1) is 0 Å². The summed E-state index contributed by atoms with van der Waals surface area (Å²) in [5.74, 6) is 0.830. The maximum Gasteiger partial charge on any atom is 0.322 e. The molecule has 0 spiro atoms. The Morgan fingerprint density at radius 2 is 1.64 bits per heavy atom. The molecular formula is C19H18N2O4. The third-order valence-corrected chi connectivity index (χ3v) is 3.63. The molecule has 6 heteroatoms. The second kappa shape index (κ2) is 7.00. The van der Waals surface area contributed by atoms with Gasteiger partial charge in [0.25, 0.3) is 0 Å². The van der Waals surface area contributed by atoms with E-state index in [0.29, 0.717) is 16.8 Å². The van der Waals surface area contributed by atoms with E-state index in [0.717, 1.165) is 5.39 Å². The van der Waals surface area contributed by atoms with Crippen LogP contribution in [0.5, 0.6) is 17.2 Å². The number of rotatable bonds is 4. The van der Waals surface area contributed by atoms with E-state index in [4.69, 9.17) is 4.74 Å². The van der Waals surface area contributed by atoms with E-state index in [1.807, 2.05) is 6.07 Å². The predicted molar refractivity (Wildman–Crippen MR) is 96.0 cm³/mol. The highest BCUT2D eigenvalue weighted by atomic mass is 16.5. The zero-order valence-corrected chi connectivity index (χ0v) is 13.6. The molecule has 0 aliphatic heterocycles. The lowest BCUT2D eigenvalue weighted by molar-refractivity contribution is 0.183. The van der Waals surface area contributed by atoms with E-state index in [-0.39, 0.29) is 11.5 Å². The van der Waals surface area contributed by atoms with E-state index in [9.17, 15) is 15.0 Å². The number of hydrogen-bond donors (Lipinski definition) is 4. The van der Waals surface area contributed by atoms with Gasteiger partial charge >= 0.3 is 6.03 Å². The quantitative estimate of drug-likeness (QED) is 0.545. The van der Waals surface area contributed by atoms with Crippen LogP contribution in [0.2, 0.25) is 0 Å². The second-order valence-corrected chi connectivity index (χ2v) is 5.53. The lowest BCUT2D eigenvalue weighted by atomic mass is 10.1. The summed E-state index contributed by atoms with van der Waals surface area (Å²) in [7, 11) is 0. The molecular weight excluding hydrogens is 320 g/mol. The van der Waals surface area contributed by atoms with Gasteiger partial charge in [-0.2, -0.15) is 0 Å². The van der Waals surface area contributed by atoms with Gasteiger partial charge in [-0.25, -0.2) is 4.79 Å². The maximum absolute atomic E-state index is 12.2. The number of hydrogen-bond acceptors (Lipinski definition) is 4. The number of ether oxygens (including phenoxy) is 1. The van der Waals surface area contributed by atoms with Crippen molar-refractivity contribution in [1.29, 1.82) is 0 Å². The van der Waals surface area contributed by atoms with Crippen molar-refractivity contribution in [2.24, 2.45) is 0 Å². The number of amides is 2. The molecule has 3 aromatic rings. The highest BCUT2D eigenvalue weighted by molar-refractivity contribution is 6.03. The third-order valence-electron chi connectivity index (χ3n) is 3.63. The number of aromatic hydroxyl groups is 2. The first-order chi connectivity index (χ1) is 12.0. The Morgan fingerprint density at radius 1 is 0.960 bits per heavy atom. The van der Waals surface area contributed by atoms with Gasteiger partial charge in [0.05, 0.1) is 5.69 Å². The third kappa shape index (κ3) is 3.92. The molecule has 0 bridgehead atoms. The number of carbonyl (C=O) groups excluding carboxylic acids is 1. The molecule has 0 saturated heterocycles. The summed E-state index contributed by atoms with van der Waals surface area (Å²) in [4.78, 5) is 12.2. The Bertz CT molecular complexity index is 894. The number of fused-ring (bicyclic) bond motifs is 1. The molecule has 25 heavy (non-hydrogen) atoms. The molecule has 2 amide bonds. The molecule has 128 valence electrons. The summed E-state index contributed by atoms with van der Waals surface area (Å²) in [6.07, 6.45) is -0.576. The minimum Gasteiger partial charge on any atom is -0.508 e. The fraction of sp³-hybridized carbons (Fsp3) is 0.105. The van der Waals surface area contributed by atoms with Gasteiger partial charge in [0.1, 0.15) is 17.2 Å². The molecule has 0 aliphatic carbocycles. The zero-order chi connectivity index (χ0) is 17.8. The average Bonchev–Trinajstić information content (AvgIpc) is 2.58. The first-order valence-electron chi connectivity index (χ1n) is 7.77. The van der Waals surface area contributed by atoms with Crippen LogP contribution in [-0.4, -0.2) is 22.5 Å². The highest BCUT2D eigenvalue weighted by Gasteiger charge is 2.11. The molecule has 0 saturated carbocycles. The topological polar surface area (TPSA) is 90.8 Å². The largest absolute Gasteiger partial charge is 0.508 e. The van der Waals surface area contributed by atoms with E-state index in [1.54, 1.807) is 49.4 Å². The molecule has 3 rings (SSSR count). The van der Waals surface area contributed by atoms with Crippen molar-refractivity contribution in [3.8, 4) is 17.2 Å². The summed E-state index contributed by atoms with van der Waals surface area (Å²) in [5.41, 5.74) is 0.586. The van der Waals surface area contributed by atoms with Crippen molar-refractivity contribution >= 4 is 22.5 Å².